The van der Waals surface area contributed by atoms with Gasteiger partial charge in [0.2, 0.25) is 0 Å². The normalized spacial score (nSPS) is 10.3. The summed E-state index contributed by atoms with van der Waals surface area (Å²) in [6.07, 6.45) is 0. The number of benzene rings is 1. The molecule has 0 atom stereocenters. The fraction of sp³-hybridized carbons (Fsp3) is 0.167. The van der Waals surface area contributed by atoms with Gasteiger partial charge in [-0.3, -0.25) is 0 Å². The van der Waals surface area contributed by atoms with Crippen LogP contribution in [0.25, 0.3) is 10.4 Å². The molecule has 3 heteroatoms. The molecule has 78 valence electrons. The highest BCUT2D eigenvalue weighted by atomic mass is 32.1. The van der Waals surface area contributed by atoms with Crippen LogP contribution < -0.4 is 4.74 Å². The molecule has 2 rings (SSSR count). The number of hydrogen-bond donors (Lipinski definition) is 0. The van der Waals surface area contributed by atoms with E-state index in [-0.39, 0.29) is 5.82 Å². The van der Waals surface area contributed by atoms with Gasteiger partial charge in [0.05, 0.1) is 6.61 Å². The number of hydrogen-bond acceptors (Lipinski definition) is 2. The molecule has 1 aromatic heterocycles. The third kappa shape index (κ3) is 2.18. The van der Waals surface area contributed by atoms with Crippen LogP contribution in [-0.4, -0.2) is 6.61 Å². The van der Waals surface area contributed by atoms with Crippen LogP contribution in [0.1, 0.15) is 6.92 Å². The first-order chi connectivity index (χ1) is 7.31. The lowest BCUT2D eigenvalue weighted by Crippen LogP contribution is -1.92. The maximum atomic E-state index is 13.7. The Labute approximate surface area is 92.1 Å². The van der Waals surface area contributed by atoms with E-state index < -0.39 is 0 Å². The highest BCUT2D eigenvalue weighted by Crippen LogP contribution is 2.29. The predicted molar refractivity (Wildman–Crippen MR) is 60.9 cm³/mol. The van der Waals surface area contributed by atoms with Crippen molar-refractivity contribution >= 4 is 11.3 Å². The van der Waals surface area contributed by atoms with E-state index in [1.54, 1.807) is 12.1 Å². The van der Waals surface area contributed by atoms with Gasteiger partial charge in [0.15, 0.2) is 0 Å². The fourth-order valence-electron chi connectivity index (χ4n) is 1.38. The lowest BCUT2D eigenvalue weighted by molar-refractivity contribution is 0.338. The van der Waals surface area contributed by atoms with Crippen molar-refractivity contribution in [1.29, 1.82) is 0 Å². The molecule has 0 saturated heterocycles. The summed E-state index contributed by atoms with van der Waals surface area (Å²) in [6.45, 7) is 2.43. The molecule has 0 aliphatic heterocycles. The van der Waals surface area contributed by atoms with E-state index in [0.717, 1.165) is 4.88 Å². The van der Waals surface area contributed by atoms with Crippen molar-refractivity contribution in [3.05, 3.63) is 41.5 Å². The Morgan fingerprint density at radius 2 is 2.20 bits per heavy atom. The average Bonchev–Trinajstić information content (AvgIpc) is 2.71. The van der Waals surface area contributed by atoms with Crippen LogP contribution in [0, 0.1) is 5.82 Å². The third-order valence-electron chi connectivity index (χ3n) is 2.04. The molecular weight excluding hydrogens is 211 g/mol. The largest absolute Gasteiger partial charge is 0.494 e. The van der Waals surface area contributed by atoms with Crippen molar-refractivity contribution in [2.75, 3.05) is 6.61 Å². The molecule has 0 bridgehead atoms. The molecule has 0 saturated carbocycles. The quantitative estimate of drug-likeness (QED) is 0.764. The van der Waals surface area contributed by atoms with Crippen LogP contribution in [0.2, 0.25) is 0 Å². The van der Waals surface area contributed by atoms with Crippen LogP contribution >= 0.6 is 11.3 Å². The zero-order chi connectivity index (χ0) is 10.7. The van der Waals surface area contributed by atoms with Gasteiger partial charge in [-0.05, 0) is 30.5 Å². The second-order valence-electron chi connectivity index (χ2n) is 3.05. The third-order valence-corrected chi connectivity index (χ3v) is 2.94. The van der Waals surface area contributed by atoms with Gasteiger partial charge in [-0.25, -0.2) is 4.39 Å². The van der Waals surface area contributed by atoms with Crippen molar-refractivity contribution in [3.63, 3.8) is 0 Å². The van der Waals surface area contributed by atoms with Gasteiger partial charge < -0.3 is 4.74 Å². The molecule has 15 heavy (non-hydrogen) atoms. The van der Waals surface area contributed by atoms with E-state index in [1.807, 2.05) is 24.4 Å². The Balaban J connectivity index is 2.35. The zero-order valence-electron chi connectivity index (χ0n) is 8.37. The Morgan fingerprint density at radius 3 is 2.80 bits per heavy atom. The van der Waals surface area contributed by atoms with Crippen LogP contribution in [0.3, 0.4) is 0 Å². The van der Waals surface area contributed by atoms with E-state index in [0.29, 0.717) is 17.9 Å². The highest BCUT2D eigenvalue weighted by molar-refractivity contribution is 7.13. The molecule has 0 N–H and O–H groups in total. The molecule has 0 radical (unpaired) electrons. The van der Waals surface area contributed by atoms with Crippen molar-refractivity contribution in [2.45, 2.75) is 6.92 Å². The summed E-state index contributed by atoms with van der Waals surface area (Å²) in [5.41, 5.74) is 0.633. The Kier molecular flexibility index (Phi) is 3.02. The molecule has 1 nitrogen and oxygen atoms in total. The van der Waals surface area contributed by atoms with Crippen LogP contribution in [-0.2, 0) is 0 Å². The molecule has 1 heterocycles. The number of halogens is 1. The lowest BCUT2D eigenvalue weighted by Gasteiger charge is -2.05. The van der Waals surface area contributed by atoms with Crippen molar-refractivity contribution in [2.24, 2.45) is 0 Å². The Hall–Kier alpha value is -1.35. The van der Waals surface area contributed by atoms with E-state index in [9.17, 15) is 4.39 Å². The summed E-state index contributed by atoms with van der Waals surface area (Å²) in [6, 6.07) is 8.80. The topological polar surface area (TPSA) is 9.23 Å². The summed E-state index contributed by atoms with van der Waals surface area (Å²) >= 11 is 1.53. The van der Waals surface area contributed by atoms with E-state index in [1.165, 1.54) is 17.4 Å². The van der Waals surface area contributed by atoms with Gasteiger partial charge in [-0.15, -0.1) is 11.3 Å². The maximum absolute atomic E-state index is 13.7. The van der Waals surface area contributed by atoms with Gasteiger partial charge in [-0.2, -0.15) is 0 Å². The standard InChI is InChI=1S/C12H11FOS/c1-2-14-9-5-6-10(11(13)8-9)12-4-3-7-15-12/h3-8H,2H2,1H3. The van der Waals surface area contributed by atoms with Crippen molar-refractivity contribution < 1.29 is 9.13 Å². The van der Waals surface area contributed by atoms with Crippen LogP contribution in [0.15, 0.2) is 35.7 Å². The smallest absolute Gasteiger partial charge is 0.135 e. The molecular formula is C12H11FOS. The molecule has 0 amide bonds. The van der Waals surface area contributed by atoms with Crippen LogP contribution in [0.5, 0.6) is 5.75 Å². The molecule has 1 aromatic carbocycles. The number of rotatable bonds is 3. The molecule has 0 unspecified atom stereocenters. The van der Waals surface area contributed by atoms with E-state index in [4.69, 9.17) is 4.74 Å². The van der Waals surface area contributed by atoms with Gasteiger partial charge in [-0.1, -0.05) is 6.07 Å². The van der Waals surface area contributed by atoms with Gasteiger partial charge in [0.1, 0.15) is 11.6 Å². The Morgan fingerprint density at radius 1 is 1.33 bits per heavy atom. The number of ether oxygens (including phenoxy) is 1. The van der Waals surface area contributed by atoms with E-state index in [2.05, 4.69) is 0 Å². The summed E-state index contributed by atoms with van der Waals surface area (Å²) < 4.78 is 18.9. The first-order valence-corrected chi connectivity index (χ1v) is 5.65. The maximum Gasteiger partial charge on any atom is 0.135 e. The molecule has 0 aliphatic rings. The molecule has 0 spiro atoms. The molecule has 0 aliphatic carbocycles. The van der Waals surface area contributed by atoms with E-state index >= 15 is 0 Å². The zero-order valence-corrected chi connectivity index (χ0v) is 9.18. The lowest BCUT2D eigenvalue weighted by atomic mass is 10.1. The van der Waals surface area contributed by atoms with Gasteiger partial charge in [0.25, 0.3) is 0 Å². The second-order valence-corrected chi connectivity index (χ2v) is 4.00. The van der Waals surface area contributed by atoms with Crippen LogP contribution in [0.4, 0.5) is 4.39 Å². The summed E-state index contributed by atoms with van der Waals surface area (Å²) in [5.74, 6) is 0.346. The monoisotopic (exact) mass is 222 g/mol. The summed E-state index contributed by atoms with van der Waals surface area (Å²) in [4.78, 5) is 0.940. The minimum Gasteiger partial charge on any atom is -0.494 e. The predicted octanol–water partition coefficient (Wildman–Crippen LogP) is 3.95. The minimum absolute atomic E-state index is 0.233. The van der Waals surface area contributed by atoms with Crippen molar-refractivity contribution in [1.82, 2.24) is 0 Å². The summed E-state index contributed by atoms with van der Waals surface area (Å²) in [5, 5.41) is 1.94. The average molecular weight is 222 g/mol. The summed E-state index contributed by atoms with van der Waals surface area (Å²) in [7, 11) is 0. The molecule has 2 aromatic rings. The fourth-order valence-corrected chi connectivity index (χ4v) is 2.14. The highest BCUT2D eigenvalue weighted by Gasteiger charge is 2.06. The van der Waals surface area contributed by atoms with Gasteiger partial charge >= 0.3 is 0 Å². The second kappa shape index (κ2) is 4.45. The van der Waals surface area contributed by atoms with Crippen molar-refractivity contribution in [3.8, 4) is 16.2 Å². The Bertz CT molecular complexity index is 437. The minimum atomic E-state index is -0.233. The van der Waals surface area contributed by atoms with Gasteiger partial charge in [0, 0.05) is 16.5 Å². The first-order valence-electron chi connectivity index (χ1n) is 4.77. The number of thiophene rings is 1. The SMILES string of the molecule is CCOc1ccc(-c2cccs2)c(F)c1. The first kappa shape index (κ1) is 10.2. The molecule has 0 fully saturated rings.